The first-order valence-corrected chi connectivity index (χ1v) is 9.32. The highest BCUT2D eigenvalue weighted by molar-refractivity contribution is 9.10. The second kappa shape index (κ2) is 8.02. The van der Waals surface area contributed by atoms with E-state index >= 15 is 0 Å². The monoisotopic (exact) mass is 420 g/mol. The van der Waals surface area contributed by atoms with Gasteiger partial charge in [0.1, 0.15) is 0 Å². The van der Waals surface area contributed by atoms with Crippen molar-refractivity contribution in [3.05, 3.63) is 69.2 Å². The summed E-state index contributed by atoms with van der Waals surface area (Å²) in [6, 6.07) is 14.3. The molecule has 0 aliphatic carbocycles. The quantitative estimate of drug-likeness (QED) is 0.733. The fraction of sp³-hybridized carbons (Fsp3) is 0.263. The first-order chi connectivity index (χ1) is 12.1. The van der Waals surface area contributed by atoms with Crippen molar-refractivity contribution >= 4 is 39.3 Å². The minimum atomic E-state index is -0.0214. The molecule has 130 valence electrons. The zero-order valence-electron chi connectivity index (χ0n) is 13.6. The molecule has 0 N–H and O–H groups in total. The van der Waals surface area contributed by atoms with E-state index in [0.717, 1.165) is 10.9 Å². The fourth-order valence-corrected chi connectivity index (χ4v) is 3.48. The molecule has 0 radical (unpaired) electrons. The Morgan fingerprint density at radius 1 is 0.840 bits per heavy atom. The number of rotatable bonds is 2. The van der Waals surface area contributed by atoms with E-state index in [2.05, 4.69) is 15.9 Å². The third-order valence-electron chi connectivity index (χ3n) is 4.27. The third-order valence-corrected chi connectivity index (χ3v) is 5.21. The average Bonchev–Trinajstić information content (AvgIpc) is 2.88. The lowest BCUT2D eigenvalue weighted by Crippen LogP contribution is -2.37. The standard InChI is InChI=1S/C19H18BrClN2O2/c20-17-5-2-1-4-16(17)19(25)23-11-3-10-22(12-13-23)18(24)14-6-8-15(21)9-7-14/h1-2,4-9H,3,10-13H2. The summed E-state index contributed by atoms with van der Waals surface area (Å²) in [6.45, 7) is 2.34. The molecule has 1 fully saturated rings. The van der Waals surface area contributed by atoms with E-state index in [1.165, 1.54) is 0 Å². The van der Waals surface area contributed by atoms with Crippen molar-refractivity contribution in [3.8, 4) is 0 Å². The van der Waals surface area contributed by atoms with E-state index in [4.69, 9.17) is 11.6 Å². The zero-order chi connectivity index (χ0) is 17.8. The number of nitrogens with zero attached hydrogens (tertiary/aromatic N) is 2. The average molecular weight is 422 g/mol. The van der Waals surface area contributed by atoms with Crippen LogP contribution in [0.2, 0.25) is 5.02 Å². The lowest BCUT2D eigenvalue weighted by molar-refractivity contribution is 0.0718. The minimum absolute atomic E-state index is 0.00623. The van der Waals surface area contributed by atoms with Crippen molar-refractivity contribution in [2.45, 2.75) is 6.42 Å². The summed E-state index contributed by atoms with van der Waals surface area (Å²) >= 11 is 9.31. The molecule has 2 aromatic rings. The van der Waals surface area contributed by atoms with Gasteiger partial charge in [-0.3, -0.25) is 9.59 Å². The Balaban J connectivity index is 1.68. The van der Waals surface area contributed by atoms with Crippen LogP contribution in [0.1, 0.15) is 27.1 Å². The van der Waals surface area contributed by atoms with E-state index in [1.54, 1.807) is 29.2 Å². The molecule has 1 aliphatic heterocycles. The Morgan fingerprint density at radius 2 is 1.44 bits per heavy atom. The summed E-state index contributed by atoms with van der Waals surface area (Å²) in [6.07, 6.45) is 0.759. The maximum Gasteiger partial charge on any atom is 0.255 e. The van der Waals surface area contributed by atoms with E-state index in [9.17, 15) is 9.59 Å². The van der Waals surface area contributed by atoms with Crippen LogP contribution in [0.3, 0.4) is 0 Å². The Hall–Kier alpha value is -1.85. The van der Waals surface area contributed by atoms with Gasteiger partial charge in [-0.25, -0.2) is 0 Å². The largest absolute Gasteiger partial charge is 0.337 e. The molecule has 0 aromatic heterocycles. The minimum Gasteiger partial charge on any atom is -0.337 e. The van der Waals surface area contributed by atoms with Gasteiger partial charge in [-0.05, 0) is 58.7 Å². The van der Waals surface area contributed by atoms with Crippen LogP contribution in [0.25, 0.3) is 0 Å². The lowest BCUT2D eigenvalue weighted by atomic mass is 10.2. The molecule has 2 aromatic carbocycles. The number of hydrogen-bond acceptors (Lipinski definition) is 2. The van der Waals surface area contributed by atoms with Gasteiger partial charge >= 0.3 is 0 Å². The maximum absolute atomic E-state index is 12.7. The Bertz CT molecular complexity index is 779. The van der Waals surface area contributed by atoms with Crippen molar-refractivity contribution in [3.63, 3.8) is 0 Å². The SMILES string of the molecule is O=C(c1ccc(Cl)cc1)N1CCCN(C(=O)c2ccccc2Br)CC1. The summed E-state index contributed by atoms with van der Waals surface area (Å²) in [5.74, 6) is -0.0277. The van der Waals surface area contributed by atoms with Crippen molar-refractivity contribution in [2.75, 3.05) is 26.2 Å². The van der Waals surface area contributed by atoms with Gasteiger partial charge in [-0.2, -0.15) is 0 Å². The van der Waals surface area contributed by atoms with Gasteiger partial charge < -0.3 is 9.80 Å². The van der Waals surface area contributed by atoms with Gasteiger partial charge in [0.15, 0.2) is 0 Å². The highest BCUT2D eigenvalue weighted by atomic mass is 79.9. The van der Waals surface area contributed by atoms with Crippen molar-refractivity contribution in [2.24, 2.45) is 0 Å². The van der Waals surface area contributed by atoms with Crippen molar-refractivity contribution in [1.82, 2.24) is 9.80 Å². The summed E-state index contributed by atoms with van der Waals surface area (Å²) in [7, 11) is 0. The number of amides is 2. The Labute approximate surface area is 160 Å². The molecule has 1 aliphatic rings. The van der Waals surface area contributed by atoms with Crippen LogP contribution < -0.4 is 0 Å². The van der Waals surface area contributed by atoms with Crippen LogP contribution in [0.5, 0.6) is 0 Å². The maximum atomic E-state index is 12.7. The number of carbonyl (C=O) groups is 2. The second-order valence-electron chi connectivity index (χ2n) is 5.92. The molecule has 25 heavy (non-hydrogen) atoms. The van der Waals surface area contributed by atoms with E-state index in [-0.39, 0.29) is 11.8 Å². The molecule has 0 atom stereocenters. The third kappa shape index (κ3) is 4.22. The van der Waals surface area contributed by atoms with E-state index < -0.39 is 0 Å². The summed E-state index contributed by atoms with van der Waals surface area (Å²) in [5.41, 5.74) is 1.27. The smallest absolute Gasteiger partial charge is 0.255 e. The van der Waals surface area contributed by atoms with Gasteiger partial charge in [-0.1, -0.05) is 23.7 Å². The van der Waals surface area contributed by atoms with Crippen LogP contribution in [-0.2, 0) is 0 Å². The topological polar surface area (TPSA) is 40.6 Å². The second-order valence-corrected chi connectivity index (χ2v) is 7.22. The predicted octanol–water partition coefficient (Wildman–Crippen LogP) is 4.09. The van der Waals surface area contributed by atoms with Crippen LogP contribution in [0, 0.1) is 0 Å². The van der Waals surface area contributed by atoms with Crippen LogP contribution in [0.4, 0.5) is 0 Å². The van der Waals surface area contributed by atoms with E-state index in [0.29, 0.717) is 42.3 Å². The molecule has 0 saturated carbocycles. The van der Waals surface area contributed by atoms with Crippen LogP contribution in [0.15, 0.2) is 53.0 Å². The van der Waals surface area contributed by atoms with Crippen molar-refractivity contribution < 1.29 is 9.59 Å². The molecule has 0 unspecified atom stereocenters. The van der Waals surface area contributed by atoms with Gasteiger partial charge in [0.25, 0.3) is 11.8 Å². The summed E-state index contributed by atoms with van der Waals surface area (Å²) in [4.78, 5) is 29.0. The van der Waals surface area contributed by atoms with Crippen molar-refractivity contribution in [1.29, 1.82) is 0 Å². The lowest BCUT2D eigenvalue weighted by Gasteiger charge is -2.22. The van der Waals surface area contributed by atoms with E-state index in [1.807, 2.05) is 29.2 Å². The highest BCUT2D eigenvalue weighted by Crippen LogP contribution is 2.19. The van der Waals surface area contributed by atoms with Gasteiger partial charge in [-0.15, -0.1) is 0 Å². The van der Waals surface area contributed by atoms with Gasteiger partial charge in [0, 0.05) is 41.2 Å². The highest BCUT2D eigenvalue weighted by Gasteiger charge is 2.24. The molecule has 0 spiro atoms. The Morgan fingerprint density at radius 3 is 2.08 bits per heavy atom. The van der Waals surface area contributed by atoms with Crippen LogP contribution in [-0.4, -0.2) is 47.8 Å². The molecule has 0 bridgehead atoms. The molecule has 6 heteroatoms. The normalized spacial score (nSPS) is 15.0. The predicted molar refractivity (Wildman–Crippen MR) is 102 cm³/mol. The molecular formula is C19H18BrClN2O2. The number of halogens is 2. The number of carbonyl (C=O) groups excluding carboxylic acids is 2. The molecule has 3 rings (SSSR count). The number of benzene rings is 2. The van der Waals surface area contributed by atoms with Gasteiger partial charge in [0.2, 0.25) is 0 Å². The molecule has 1 saturated heterocycles. The van der Waals surface area contributed by atoms with Crippen LogP contribution >= 0.6 is 27.5 Å². The summed E-state index contributed by atoms with van der Waals surface area (Å²) < 4.78 is 0.790. The molecule has 2 amide bonds. The first kappa shape index (κ1) is 18.0. The molecule has 4 nitrogen and oxygen atoms in total. The summed E-state index contributed by atoms with van der Waals surface area (Å²) in [5, 5.41) is 0.609. The zero-order valence-corrected chi connectivity index (χ0v) is 16.0. The molecular weight excluding hydrogens is 404 g/mol. The number of hydrogen-bond donors (Lipinski definition) is 0. The molecule has 1 heterocycles. The fourth-order valence-electron chi connectivity index (χ4n) is 2.90. The first-order valence-electron chi connectivity index (χ1n) is 8.15. The van der Waals surface area contributed by atoms with Gasteiger partial charge in [0.05, 0.1) is 5.56 Å². The Kier molecular flexibility index (Phi) is 5.76.